The van der Waals surface area contributed by atoms with Crippen LogP contribution in [0, 0.1) is 0 Å². The minimum Gasteiger partial charge on any atom is -0.498 e. The van der Waals surface area contributed by atoms with Crippen LogP contribution in [0.1, 0.15) is 6.42 Å². The molecule has 2 rings (SSSR count). The molecule has 0 spiro atoms. The highest BCUT2D eigenvalue weighted by Crippen LogP contribution is 2.23. The van der Waals surface area contributed by atoms with Crippen LogP contribution in [0.2, 0.25) is 0 Å². The molecule has 2 aromatic rings. The number of amides is 1. The molecule has 0 heterocycles. The third-order valence-electron chi connectivity index (χ3n) is 3.64. The van der Waals surface area contributed by atoms with Gasteiger partial charge in [0, 0.05) is 17.8 Å². The Morgan fingerprint density at radius 2 is 1.55 bits per heavy atom. The highest BCUT2D eigenvalue weighted by Gasteiger charge is 2.04. The second-order valence-electron chi connectivity index (χ2n) is 5.67. The van der Waals surface area contributed by atoms with E-state index >= 15 is 0 Å². The van der Waals surface area contributed by atoms with Gasteiger partial charge in [-0.3, -0.25) is 5.32 Å². The van der Waals surface area contributed by atoms with Gasteiger partial charge in [-0.2, -0.15) is 0 Å². The predicted octanol–water partition coefficient (Wildman–Crippen LogP) is 3.97. The molecule has 0 unspecified atom stereocenters. The topological polar surface area (TPSA) is 95.1 Å². The van der Waals surface area contributed by atoms with E-state index in [1.807, 2.05) is 36.4 Å². The van der Waals surface area contributed by atoms with Gasteiger partial charge in [0.2, 0.25) is 0 Å². The van der Waals surface area contributed by atoms with Gasteiger partial charge in [-0.1, -0.05) is 30.8 Å². The molecule has 0 radical (unpaired) electrons. The van der Waals surface area contributed by atoms with Crippen LogP contribution in [-0.4, -0.2) is 38.9 Å². The summed E-state index contributed by atoms with van der Waals surface area (Å²) in [5, 5.41) is 5.69. The molecule has 0 bridgehead atoms. The van der Waals surface area contributed by atoms with Crippen LogP contribution in [0.3, 0.4) is 0 Å². The number of carbonyl (C=O) groups excluding carboxylic acids is 2. The average Bonchev–Trinajstić information content (AvgIpc) is 2.75. The average molecular weight is 400 g/mol. The van der Waals surface area contributed by atoms with Gasteiger partial charge in [0.15, 0.2) is 6.73 Å². The van der Waals surface area contributed by atoms with Crippen molar-refractivity contribution >= 4 is 23.8 Å². The molecule has 0 fully saturated rings. The van der Waals surface area contributed by atoms with Gasteiger partial charge < -0.3 is 19.6 Å². The van der Waals surface area contributed by atoms with Crippen LogP contribution in [0.4, 0.5) is 16.2 Å². The molecule has 0 saturated carbocycles. The first-order valence-electron chi connectivity index (χ1n) is 9.01. The predicted molar refractivity (Wildman–Crippen MR) is 109 cm³/mol. The minimum atomic E-state index is -0.543. The van der Waals surface area contributed by atoms with E-state index in [0.717, 1.165) is 23.1 Å². The summed E-state index contributed by atoms with van der Waals surface area (Å²) in [5.74, 6) is 0. The summed E-state index contributed by atoms with van der Waals surface area (Å²) in [6.45, 7) is 4.22. The summed E-state index contributed by atoms with van der Waals surface area (Å²) in [5.41, 5.74) is 3.53. The van der Waals surface area contributed by atoms with Crippen LogP contribution in [0.15, 0.2) is 61.4 Å². The first kappa shape index (κ1) is 21.9. The third-order valence-corrected chi connectivity index (χ3v) is 3.64. The summed E-state index contributed by atoms with van der Waals surface area (Å²) in [6, 6.07) is 15.2. The zero-order valence-electron chi connectivity index (χ0n) is 16.0. The number of aldehydes is 1. The van der Waals surface area contributed by atoms with E-state index in [9.17, 15) is 9.59 Å². The molecule has 2 N–H and O–H groups in total. The van der Waals surface area contributed by atoms with Crippen molar-refractivity contribution < 1.29 is 28.8 Å². The lowest BCUT2D eigenvalue weighted by Gasteiger charge is -2.09. The van der Waals surface area contributed by atoms with E-state index in [1.54, 1.807) is 12.1 Å². The van der Waals surface area contributed by atoms with E-state index in [0.29, 0.717) is 12.1 Å². The van der Waals surface area contributed by atoms with Crippen LogP contribution in [0.25, 0.3) is 11.1 Å². The molecule has 0 aliphatic rings. The van der Waals surface area contributed by atoms with Gasteiger partial charge in [-0.15, -0.1) is 0 Å². The second-order valence-corrected chi connectivity index (χ2v) is 5.67. The van der Waals surface area contributed by atoms with Crippen molar-refractivity contribution in [2.75, 3.05) is 37.2 Å². The third kappa shape index (κ3) is 8.46. The molecule has 0 aromatic heterocycles. The lowest BCUT2D eigenvalue weighted by atomic mass is 10.1. The molecule has 0 aliphatic carbocycles. The van der Waals surface area contributed by atoms with Gasteiger partial charge in [-0.25, -0.2) is 14.6 Å². The Balaban J connectivity index is 1.78. The Kier molecular flexibility index (Phi) is 9.78. The number of ether oxygens (including phenoxy) is 2. The van der Waals surface area contributed by atoms with Crippen molar-refractivity contribution in [3.63, 3.8) is 0 Å². The number of hydrogen-bond acceptors (Lipinski definition) is 7. The fourth-order valence-corrected chi connectivity index (χ4v) is 2.26. The number of nitrogens with one attached hydrogen (secondary N) is 2. The van der Waals surface area contributed by atoms with Gasteiger partial charge in [0.1, 0.15) is 19.5 Å². The van der Waals surface area contributed by atoms with E-state index in [2.05, 4.69) is 17.2 Å². The van der Waals surface area contributed by atoms with E-state index < -0.39 is 6.09 Å². The van der Waals surface area contributed by atoms with Crippen molar-refractivity contribution in [3.05, 3.63) is 61.4 Å². The van der Waals surface area contributed by atoms with Gasteiger partial charge in [0.25, 0.3) is 0 Å². The second kappa shape index (κ2) is 12.9. The standard InChI is InChI=1S/C21H24N2O6/c1-2-26-14-15-27-21(25)23-20-10-6-18(7-11-20)17-4-8-19(9-5-17)22-16-29-28-13-3-12-24/h2,4-12,22H,1,3,13-16H2,(H,23,25). The van der Waals surface area contributed by atoms with Crippen molar-refractivity contribution in [2.24, 2.45) is 0 Å². The Labute approximate surface area is 169 Å². The minimum absolute atomic E-state index is 0.145. The summed E-state index contributed by atoms with van der Waals surface area (Å²) in [4.78, 5) is 31.5. The SMILES string of the molecule is C=COCCOC(=O)Nc1ccc(-c2ccc(NCOOCCC=O)cc2)cc1. The summed E-state index contributed by atoms with van der Waals surface area (Å²) < 4.78 is 9.85. The van der Waals surface area contributed by atoms with Gasteiger partial charge in [-0.05, 0) is 35.4 Å². The van der Waals surface area contributed by atoms with Crippen molar-refractivity contribution in [1.29, 1.82) is 0 Å². The maximum absolute atomic E-state index is 11.7. The Morgan fingerprint density at radius 3 is 2.17 bits per heavy atom. The number of carbonyl (C=O) groups is 2. The largest absolute Gasteiger partial charge is 0.498 e. The lowest BCUT2D eigenvalue weighted by Crippen LogP contribution is -2.16. The van der Waals surface area contributed by atoms with Crippen LogP contribution >= 0.6 is 0 Å². The normalized spacial score (nSPS) is 10.1. The molecule has 0 aliphatic heterocycles. The fraction of sp³-hybridized carbons (Fsp3) is 0.238. The van der Waals surface area contributed by atoms with E-state index in [-0.39, 0.29) is 26.6 Å². The van der Waals surface area contributed by atoms with Gasteiger partial charge in [0.05, 0.1) is 12.9 Å². The number of rotatable bonds is 13. The fourth-order valence-electron chi connectivity index (χ4n) is 2.26. The Bertz CT molecular complexity index is 762. The molecule has 8 nitrogen and oxygen atoms in total. The summed E-state index contributed by atoms with van der Waals surface area (Å²) in [6.07, 6.45) is 1.82. The molecular weight excluding hydrogens is 376 g/mol. The zero-order valence-corrected chi connectivity index (χ0v) is 16.0. The number of hydrogen-bond donors (Lipinski definition) is 2. The maximum atomic E-state index is 11.7. The molecule has 2 aromatic carbocycles. The van der Waals surface area contributed by atoms with E-state index in [4.69, 9.17) is 19.2 Å². The molecule has 0 atom stereocenters. The quantitative estimate of drug-likeness (QED) is 0.131. The first-order chi connectivity index (χ1) is 14.2. The summed E-state index contributed by atoms with van der Waals surface area (Å²) in [7, 11) is 0. The van der Waals surface area contributed by atoms with Crippen molar-refractivity contribution in [2.45, 2.75) is 6.42 Å². The number of benzene rings is 2. The van der Waals surface area contributed by atoms with Crippen LogP contribution in [-0.2, 0) is 24.0 Å². The lowest BCUT2D eigenvalue weighted by molar-refractivity contribution is -0.288. The highest BCUT2D eigenvalue weighted by molar-refractivity contribution is 5.85. The molecule has 0 saturated heterocycles. The van der Waals surface area contributed by atoms with Crippen LogP contribution in [0.5, 0.6) is 0 Å². The van der Waals surface area contributed by atoms with Gasteiger partial charge >= 0.3 is 6.09 Å². The zero-order chi connectivity index (χ0) is 20.7. The molecular formula is C21H24N2O6. The van der Waals surface area contributed by atoms with Crippen molar-refractivity contribution in [3.8, 4) is 11.1 Å². The van der Waals surface area contributed by atoms with Crippen molar-refractivity contribution in [1.82, 2.24) is 0 Å². The Hall–Kier alpha value is -3.36. The smallest absolute Gasteiger partial charge is 0.411 e. The molecule has 154 valence electrons. The molecule has 1 amide bonds. The highest BCUT2D eigenvalue weighted by atomic mass is 17.2. The van der Waals surface area contributed by atoms with E-state index in [1.165, 1.54) is 6.26 Å². The summed E-state index contributed by atoms with van der Waals surface area (Å²) >= 11 is 0. The first-order valence-corrected chi connectivity index (χ1v) is 9.01. The van der Waals surface area contributed by atoms with Crippen LogP contribution < -0.4 is 10.6 Å². The maximum Gasteiger partial charge on any atom is 0.411 e. The number of anilines is 2. The Morgan fingerprint density at radius 1 is 0.897 bits per heavy atom. The molecule has 8 heteroatoms. The monoisotopic (exact) mass is 400 g/mol. The molecule has 29 heavy (non-hydrogen) atoms.